The van der Waals surface area contributed by atoms with Crippen LogP contribution in [0.25, 0.3) is 22.0 Å². The van der Waals surface area contributed by atoms with Crippen LogP contribution in [0.2, 0.25) is 0 Å². The first-order valence-corrected chi connectivity index (χ1v) is 8.25. The van der Waals surface area contributed by atoms with Gasteiger partial charge in [-0.2, -0.15) is 10.1 Å². The molecule has 0 unspecified atom stereocenters. The third-order valence-electron chi connectivity index (χ3n) is 4.39. The Bertz CT molecular complexity index is 1050. The molecule has 1 aliphatic heterocycles. The first-order valence-electron chi connectivity index (χ1n) is 8.25. The van der Waals surface area contributed by atoms with E-state index in [0.29, 0.717) is 17.2 Å². The van der Waals surface area contributed by atoms with Crippen LogP contribution in [-0.2, 0) is 4.79 Å². The van der Waals surface area contributed by atoms with Gasteiger partial charge in [-0.3, -0.25) is 9.59 Å². The first kappa shape index (κ1) is 16.1. The number of nitrogens with one attached hydrogen (secondary N) is 1. The molecular formula is C20H17N3O3. The maximum Gasteiger partial charge on any atom is 0.298 e. The van der Waals surface area contributed by atoms with E-state index in [1.807, 2.05) is 48.5 Å². The Hall–Kier alpha value is -3.41. The lowest BCUT2D eigenvalue weighted by molar-refractivity contribution is -0.126. The van der Waals surface area contributed by atoms with E-state index in [9.17, 15) is 9.59 Å². The van der Waals surface area contributed by atoms with Gasteiger partial charge in [-0.25, -0.2) is 0 Å². The zero-order chi connectivity index (χ0) is 18.3. The molecule has 2 amide bonds. The average Bonchev–Trinajstić information content (AvgIpc) is 3.20. The number of benzene rings is 2. The van der Waals surface area contributed by atoms with E-state index in [1.165, 1.54) is 0 Å². The molecule has 2 aromatic carbocycles. The van der Waals surface area contributed by atoms with E-state index in [1.54, 1.807) is 14.0 Å². The maximum atomic E-state index is 13.1. The Morgan fingerprint density at radius 3 is 2.62 bits per heavy atom. The lowest BCUT2D eigenvalue weighted by Crippen LogP contribution is -2.29. The van der Waals surface area contributed by atoms with Crippen LogP contribution in [0, 0.1) is 0 Å². The number of amides is 2. The Balaban J connectivity index is 1.94. The van der Waals surface area contributed by atoms with Crippen molar-refractivity contribution in [2.24, 2.45) is 5.10 Å². The molecule has 0 aliphatic carbocycles. The number of aromatic amines is 1. The molecule has 130 valence electrons. The smallest absolute Gasteiger partial charge is 0.298 e. The van der Waals surface area contributed by atoms with Crippen molar-refractivity contribution in [3.8, 4) is 16.9 Å². The number of ether oxygens (including phenoxy) is 1. The highest BCUT2D eigenvalue weighted by Crippen LogP contribution is 2.35. The number of imide groups is 1. The minimum Gasteiger partial charge on any atom is -0.497 e. The fraction of sp³-hybridized carbons (Fsp3) is 0.150. The van der Waals surface area contributed by atoms with Crippen LogP contribution in [0.5, 0.6) is 5.75 Å². The molecule has 1 aromatic heterocycles. The highest BCUT2D eigenvalue weighted by atomic mass is 16.5. The van der Waals surface area contributed by atoms with Gasteiger partial charge in [-0.05, 0) is 30.7 Å². The average molecular weight is 347 g/mol. The van der Waals surface area contributed by atoms with Gasteiger partial charge < -0.3 is 9.72 Å². The van der Waals surface area contributed by atoms with Gasteiger partial charge in [0.1, 0.15) is 11.4 Å². The number of hydrazone groups is 1. The van der Waals surface area contributed by atoms with Crippen molar-refractivity contribution in [3.63, 3.8) is 0 Å². The summed E-state index contributed by atoms with van der Waals surface area (Å²) >= 11 is 0. The number of H-pyrrole nitrogens is 1. The van der Waals surface area contributed by atoms with Gasteiger partial charge >= 0.3 is 0 Å². The molecule has 4 rings (SSSR count). The summed E-state index contributed by atoms with van der Waals surface area (Å²) in [5, 5.41) is 5.89. The van der Waals surface area contributed by atoms with Gasteiger partial charge in [0.25, 0.3) is 11.8 Å². The molecule has 2 heterocycles. The van der Waals surface area contributed by atoms with Crippen molar-refractivity contribution < 1.29 is 14.3 Å². The number of carbonyl (C=O) groups excluding carboxylic acids is 2. The van der Waals surface area contributed by atoms with Crippen molar-refractivity contribution in [2.45, 2.75) is 13.3 Å². The van der Waals surface area contributed by atoms with E-state index < -0.39 is 5.91 Å². The largest absolute Gasteiger partial charge is 0.497 e. The molecule has 0 saturated carbocycles. The zero-order valence-corrected chi connectivity index (χ0v) is 14.4. The quantitative estimate of drug-likeness (QED) is 0.736. The second kappa shape index (κ2) is 6.15. The van der Waals surface area contributed by atoms with E-state index in [4.69, 9.17) is 4.74 Å². The van der Waals surface area contributed by atoms with E-state index >= 15 is 0 Å². The highest BCUT2D eigenvalue weighted by Gasteiger charge is 2.31. The molecule has 0 radical (unpaired) electrons. The summed E-state index contributed by atoms with van der Waals surface area (Å²) < 4.78 is 5.33. The van der Waals surface area contributed by atoms with Gasteiger partial charge in [-0.1, -0.05) is 30.3 Å². The number of aromatic nitrogens is 1. The molecule has 6 nitrogen and oxygen atoms in total. The first-order chi connectivity index (χ1) is 12.6. The van der Waals surface area contributed by atoms with Crippen LogP contribution >= 0.6 is 0 Å². The number of hydrogen-bond donors (Lipinski definition) is 1. The summed E-state index contributed by atoms with van der Waals surface area (Å²) in [6.45, 7) is 1.74. The lowest BCUT2D eigenvalue weighted by Gasteiger charge is -2.11. The van der Waals surface area contributed by atoms with Crippen molar-refractivity contribution in [1.82, 2.24) is 9.99 Å². The van der Waals surface area contributed by atoms with E-state index in [-0.39, 0.29) is 12.3 Å². The minimum absolute atomic E-state index is 0.167. The molecular weight excluding hydrogens is 330 g/mol. The Morgan fingerprint density at radius 1 is 1.19 bits per heavy atom. The summed E-state index contributed by atoms with van der Waals surface area (Å²) in [5.74, 6) is -0.0811. The molecule has 0 spiro atoms. The standard InChI is InChI=1S/C20H17N3O3/c1-12-10-17(24)23(22-12)20(25)19-18(13-6-4-3-5-7-13)15-11-14(26-2)8-9-16(15)21-19/h3-9,11,21H,10H2,1-2H3. The van der Waals surface area contributed by atoms with Gasteiger partial charge in [-0.15, -0.1) is 0 Å². The number of fused-ring (bicyclic) bond motifs is 1. The molecule has 0 bridgehead atoms. The maximum absolute atomic E-state index is 13.1. The van der Waals surface area contributed by atoms with Crippen LogP contribution in [-0.4, -0.2) is 34.6 Å². The summed E-state index contributed by atoms with van der Waals surface area (Å²) in [4.78, 5) is 28.3. The number of methoxy groups -OCH3 is 1. The molecule has 1 N–H and O–H groups in total. The fourth-order valence-electron chi connectivity index (χ4n) is 3.18. The summed E-state index contributed by atoms with van der Waals surface area (Å²) in [6, 6.07) is 15.2. The number of hydrogen-bond acceptors (Lipinski definition) is 4. The van der Waals surface area contributed by atoms with Gasteiger partial charge in [0.2, 0.25) is 0 Å². The van der Waals surface area contributed by atoms with E-state index in [0.717, 1.165) is 27.0 Å². The number of rotatable bonds is 3. The zero-order valence-electron chi connectivity index (χ0n) is 14.4. The topological polar surface area (TPSA) is 74.8 Å². The van der Waals surface area contributed by atoms with Crippen LogP contribution in [0.4, 0.5) is 0 Å². The minimum atomic E-state index is -0.458. The van der Waals surface area contributed by atoms with Crippen molar-refractivity contribution in [1.29, 1.82) is 0 Å². The van der Waals surface area contributed by atoms with Crippen molar-refractivity contribution >= 4 is 28.4 Å². The molecule has 0 saturated heterocycles. The fourth-order valence-corrected chi connectivity index (χ4v) is 3.18. The number of carbonyl (C=O) groups is 2. The monoisotopic (exact) mass is 347 g/mol. The van der Waals surface area contributed by atoms with E-state index in [2.05, 4.69) is 10.1 Å². The molecule has 1 aliphatic rings. The predicted octanol–water partition coefficient (Wildman–Crippen LogP) is 3.59. The Morgan fingerprint density at radius 2 is 1.96 bits per heavy atom. The Labute approximate surface area is 150 Å². The van der Waals surface area contributed by atoms with Gasteiger partial charge in [0.05, 0.1) is 13.5 Å². The molecule has 0 atom stereocenters. The summed E-state index contributed by atoms with van der Waals surface area (Å²) in [5.41, 5.74) is 3.37. The molecule has 0 fully saturated rings. The third-order valence-corrected chi connectivity index (χ3v) is 4.39. The second-order valence-electron chi connectivity index (χ2n) is 6.18. The molecule has 26 heavy (non-hydrogen) atoms. The third kappa shape index (κ3) is 2.56. The number of nitrogens with zero attached hydrogens (tertiary/aromatic N) is 2. The molecule has 6 heteroatoms. The van der Waals surface area contributed by atoms with Crippen LogP contribution in [0.3, 0.4) is 0 Å². The van der Waals surface area contributed by atoms with Crippen molar-refractivity contribution in [2.75, 3.05) is 7.11 Å². The summed E-state index contributed by atoms with van der Waals surface area (Å²) in [6.07, 6.45) is 0.167. The second-order valence-corrected chi connectivity index (χ2v) is 6.18. The van der Waals surface area contributed by atoms with Crippen molar-refractivity contribution in [3.05, 3.63) is 54.2 Å². The lowest BCUT2D eigenvalue weighted by atomic mass is 10.0. The molecule has 3 aromatic rings. The highest BCUT2D eigenvalue weighted by molar-refractivity contribution is 6.17. The van der Waals surface area contributed by atoms with Gasteiger partial charge in [0, 0.05) is 22.2 Å². The SMILES string of the molecule is COc1ccc2[nH]c(C(=O)N3N=C(C)CC3=O)c(-c3ccccc3)c2c1. The Kier molecular flexibility index (Phi) is 3.80. The normalized spacial score (nSPS) is 14.0. The van der Waals surface area contributed by atoms with Crippen LogP contribution in [0.15, 0.2) is 53.6 Å². The summed E-state index contributed by atoms with van der Waals surface area (Å²) in [7, 11) is 1.60. The van der Waals surface area contributed by atoms with Crippen LogP contribution < -0.4 is 4.74 Å². The van der Waals surface area contributed by atoms with Gasteiger partial charge in [0.15, 0.2) is 0 Å². The predicted molar refractivity (Wildman–Crippen MR) is 99.2 cm³/mol. The van der Waals surface area contributed by atoms with Crippen LogP contribution in [0.1, 0.15) is 23.8 Å².